The minimum absolute atomic E-state index is 0.0977. The molecular weight excluding hydrogens is 407 g/mol. The number of aromatic amines is 1. The van der Waals surface area contributed by atoms with Crippen LogP contribution in [0.2, 0.25) is 0 Å². The van der Waals surface area contributed by atoms with E-state index < -0.39 is 0 Å². The second-order valence-corrected chi connectivity index (χ2v) is 8.65. The summed E-state index contributed by atoms with van der Waals surface area (Å²) in [5.74, 6) is -0.268. The zero-order chi connectivity index (χ0) is 22.1. The van der Waals surface area contributed by atoms with E-state index in [0.717, 1.165) is 42.5 Å². The molecule has 0 bridgehead atoms. The summed E-state index contributed by atoms with van der Waals surface area (Å²) in [5, 5.41) is 10.2. The SMILES string of the molecule is O=C(Nc1cccc(-c2ccc(F)cc2)c1)C1CCCN(C(=O)c2cc(C3CC3)[nH]n2)C1. The van der Waals surface area contributed by atoms with Crippen LogP contribution >= 0.6 is 0 Å². The van der Waals surface area contributed by atoms with Crippen molar-refractivity contribution in [3.63, 3.8) is 0 Å². The van der Waals surface area contributed by atoms with Gasteiger partial charge in [-0.3, -0.25) is 14.7 Å². The van der Waals surface area contributed by atoms with Crippen molar-refractivity contribution in [1.29, 1.82) is 0 Å². The number of benzene rings is 2. The number of hydrogen-bond donors (Lipinski definition) is 2. The molecule has 2 fully saturated rings. The smallest absolute Gasteiger partial charge is 0.274 e. The summed E-state index contributed by atoms with van der Waals surface area (Å²) in [6.45, 7) is 1.02. The number of nitrogens with one attached hydrogen (secondary N) is 2. The summed E-state index contributed by atoms with van der Waals surface area (Å²) < 4.78 is 13.2. The number of nitrogens with zero attached hydrogens (tertiary/aromatic N) is 2. The third-order valence-corrected chi connectivity index (χ3v) is 6.22. The molecule has 7 heteroatoms. The minimum atomic E-state index is -0.284. The molecule has 5 rings (SSSR count). The molecule has 1 saturated carbocycles. The average molecular weight is 432 g/mol. The highest BCUT2D eigenvalue weighted by molar-refractivity contribution is 5.95. The van der Waals surface area contributed by atoms with Gasteiger partial charge in [0, 0.05) is 30.4 Å². The lowest BCUT2D eigenvalue weighted by Crippen LogP contribution is -2.43. The van der Waals surface area contributed by atoms with E-state index in [4.69, 9.17) is 0 Å². The van der Waals surface area contributed by atoms with Gasteiger partial charge in [-0.15, -0.1) is 0 Å². The third kappa shape index (κ3) is 4.42. The van der Waals surface area contributed by atoms with E-state index in [-0.39, 0.29) is 23.5 Å². The number of amides is 2. The fourth-order valence-electron chi connectivity index (χ4n) is 4.25. The molecule has 1 aromatic heterocycles. The Labute approximate surface area is 185 Å². The lowest BCUT2D eigenvalue weighted by molar-refractivity contribution is -0.121. The zero-order valence-electron chi connectivity index (χ0n) is 17.7. The van der Waals surface area contributed by atoms with Crippen LogP contribution in [0.1, 0.15) is 47.8 Å². The van der Waals surface area contributed by atoms with Crippen molar-refractivity contribution in [3.8, 4) is 11.1 Å². The van der Waals surface area contributed by atoms with Gasteiger partial charge in [0.1, 0.15) is 11.5 Å². The first-order valence-electron chi connectivity index (χ1n) is 11.1. The Morgan fingerprint density at radius 1 is 1.03 bits per heavy atom. The molecule has 0 spiro atoms. The van der Waals surface area contributed by atoms with E-state index in [1.807, 2.05) is 30.3 Å². The van der Waals surface area contributed by atoms with Crippen LogP contribution in [0.3, 0.4) is 0 Å². The summed E-state index contributed by atoms with van der Waals surface area (Å²) in [4.78, 5) is 27.6. The van der Waals surface area contributed by atoms with Crippen LogP contribution in [-0.2, 0) is 4.79 Å². The monoisotopic (exact) mass is 432 g/mol. The molecule has 2 aliphatic rings. The Kier molecular flexibility index (Phi) is 5.47. The number of piperidine rings is 1. The van der Waals surface area contributed by atoms with Gasteiger partial charge in [-0.2, -0.15) is 5.10 Å². The van der Waals surface area contributed by atoms with Gasteiger partial charge in [0.2, 0.25) is 5.91 Å². The van der Waals surface area contributed by atoms with Crippen molar-refractivity contribution >= 4 is 17.5 Å². The summed E-state index contributed by atoms with van der Waals surface area (Å²) in [6.07, 6.45) is 3.80. The molecule has 3 aromatic rings. The van der Waals surface area contributed by atoms with Crippen LogP contribution in [-0.4, -0.2) is 40.0 Å². The first kappa shape index (κ1) is 20.4. The van der Waals surface area contributed by atoms with Gasteiger partial charge in [-0.25, -0.2) is 4.39 Å². The number of carbonyl (C=O) groups excluding carboxylic acids is 2. The third-order valence-electron chi connectivity index (χ3n) is 6.22. The van der Waals surface area contributed by atoms with Gasteiger partial charge in [0.05, 0.1) is 5.92 Å². The van der Waals surface area contributed by atoms with Crippen LogP contribution in [0.5, 0.6) is 0 Å². The number of hydrogen-bond acceptors (Lipinski definition) is 3. The molecule has 2 N–H and O–H groups in total. The quantitative estimate of drug-likeness (QED) is 0.619. The first-order chi connectivity index (χ1) is 15.6. The van der Waals surface area contributed by atoms with Gasteiger partial charge in [0.15, 0.2) is 0 Å². The lowest BCUT2D eigenvalue weighted by Gasteiger charge is -2.31. The van der Waals surface area contributed by atoms with Gasteiger partial charge >= 0.3 is 0 Å². The summed E-state index contributed by atoms with van der Waals surface area (Å²) >= 11 is 0. The molecule has 2 amide bonds. The molecule has 0 radical (unpaired) electrons. The standard InChI is InChI=1S/C25H25FN4O2/c26-20-10-8-16(9-11-20)18-3-1-5-21(13-18)27-24(31)19-4-2-12-30(15-19)25(32)23-14-22(28-29-23)17-6-7-17/h1,3,5,8-11,13-14,17,19H,2,4,6-7,12,15H2,(H,27,31)(H,28,29). The highest BCUT2D eigenvalue weighted by Gasteiger charge is 2.31. The van der Waals surface area contributed by atoms with Crippen molar-refractivity contribution < 1.29 is 14.0 Å². The van der Waals surface area contributed by atoms with Crippen molar-refractivity contribution in [2.45, 2.75) is 31.6 Å². The maximum absolute atomic E-state index is 13.2. The summed E-state index contributed by atoms with van der Waals surface area (Å²) in [6, 6.07) is 15.6. The van der Waals surface area contributed by atoms with E-state index in [1.165, 1.54) is 12.1 Å². The molecule has 1 aliphatic heterocycles. The molecule has 2 heterocycles. The Balaban J connectivity index is 1.24. The van der Waals surface area contributed by atoms with Crippen LogP contribution in [0.25, 0.3) is 11.1 Å². The normalized spacial score (nSPS) is 18.4. The number of aromatic nitrogens is 2. The Morgan fingerprint density at radius 2 is 1.84 bits per heavy atom. The molecule has 6 nitrogen and oxygen atoms in total. The van der Waals surface area contributed by atoms with E-state index in [1.54, 1.807) is 17.0 Å². The summed E-state index contributed by atoms with van der Waals surface area (Å²) in [7, 11) is 0. The van der Waals surface area contributed by atoms with Crippen molar-refractivity contribution in [2.75, 3.05) is 18.4 Å². The number of rotatable bonds is 5. The predicted molar refractivity (Wildman–Crippen MR) is 120 cm³/mol. The topological polar surface area (TPSA) is 78.1 Å². The molecule has 1 saturated heterocycles. The molecule has 1 atom stereocenters. The number of halogens is 1. The van der Waals surface area contributed by atoms with Crippen LogP contribution in [0.15, 0.2) is 54.6 Å². The largest absolute Gasteiger partial charge is 0.336 e. The molecule has 2 aromatic carbocycles. The zero-order valence-corrected chi connectivity index (χ0v) is 17.7. The molecule has 32 heavy (non-hydrogen) atoms. The molecule has 1 unspecified atom stereocenters. The average Bonchev–Trinajstić information content (AvgIpc) is 3.56. The number of H-pyrrole nitrogens is 1. The predicted octanol–water partition coefficient (Wildman–Crippen LogP) is 4.58. The highest BCUT2D eigenvalue weighted by Crippen LogP contribution is 2.39. The maximum Gasteiger partial charge on any atom is 0.274 e. The maximum atomic E-state index is 13.2. The van der Waals surface area contributed by atoms with E-state index >= 15 is 0 Å². The van der Waals surface area contributed by atoms with Gasteiger partial charge in [0.25, 0.3) is 5.91 Å². The van der Waals surface area contributed by atoms with Gasteiger partial charge < -0.3 is 10.2 Å². The summed E-state index contributed by atoms with van der Waals surface area (Å²) in [5.41, 5.74) is 3.91. The second-order valence-electron chi connectivity index (χ2n) is 8.65. The van der Waals surface area contributed by atoms with Crippen molar-refractivity contribution in [2.24, 2.45) is 5.92 Å². The fraction of sp³-hybridized carbons (Fsp3) is 0.320. The molecule has 164 valence electrons. The highest BCUT2D eigenvalue weighted by atomic mass is 19.1. The Hall–Kier alpha value is -3.48. The Morgan fingerprint density at radius 3 is 2.62 bits per heavy atom. The number of anilines is 1. The van der Waals surface area contributed by atoms with E-state index in [2.05, 4.69) is 15.5 Å². The second kappa shape index (κ2) is 8.57. The van der Waals surface area contributed by atoms with Gasteiger partial charge in [-0.05, 0) is 67.1 Å². The fourth-order valence-corrected chi connectivity index (χ4v) is 4.25. The Bertz CT molecular complexity index is 1140. The van der Waals surface area contributed by atoms with E-state index in [9.17, 15) is 14.0 Å². The first-order valence-corrected chi connectivity index (χ1v) is 11.1. The van der Waals surface area contributed by atoms with Gasteiger partial charge in [-0.1, -0.05) is 24.3 Å². The van der Waals surface area contributed by atoms with Crippen molar-refractivity contribution in [3.05, 3.63) is 71.8 Å². The molecular formula is C25H25FN4O2. The molecule has 1 aliphatic carbocycles. The number of carbonyl (C=O) groups is 2. The van der Waals surface area contributed by atoms with Crippen LogP contribution in [0, 0.1) is 11.7 Å². The lowest BCUT2D eigenvalue weighted by atomic mass is 9.96. The van der Waals surface area contributed by atoms with E-state index in [0.29, 0.717) is 30.4 Å². The van der Waals surface area contributed by atoms with Crippen LogP contribution < -0.4 is 5.32 Å². The van der Waals surface area contributed by atoms with Crippen LogP contribution in [0.4, 0.5) is 10.1 Å². The minimum Gasteiger partial charge on any atom is -0.336 e. The van der Waals surface area contributed by atoms with Crippen molar-refractivity contribution in [1.82, 2.24) is 15.1 Å². The number of likely N-dealkylation sites (tertiary alicyclic amines) is 1.